The number of Topliss-reactive ketones (excluding diaryl/α,β-unsaturated/α-hetero) is 1. The highest BCUT2D eigenvalue weighted by Crippen LogP contribution is 2.47. The third kappa shape index (κ3) is 2.88. The standard InChI is InChI=1S/C20H24N4OS/c1-20(2)10-16-18(17(25)11-20)14(22-23-19(21)26)9-15-13-6-4-3-5-12(13)7-8-24(15)16/h3-6,9,15,22H,7-8,10-11H2,1-2H3,(H3,21,23,26)/t15-/m0/s1. The Bertz CT molecular complexity index is 855. The van der Waals surface area contributed by atoms with Crippen molar-refractivity contribution in [2.24, 2.45) is 11.1 Å². The number of hydrogen-bond acceptors (Lipinski definition) is 4. The van der Waals surface area contributed by atoms with Crippen LogP contribution in [-0.4, -0.2) is 22.3 Å². The Morgan fingerprint density at radius 1 is 1.31 bits per heavy atom. The van der Waals surface area contributed by atoms with Gasteiger partial charge in [0.2, 0.25) is 0 Å². The van der Waals surface area contributed by atoms with E-state index >= 15 is 0 Å². The third-order valence-corrected chi connectivity index (χ3v) is 5.55. The number of nitrogens with zero attached hydrogens (tertiary/aromatic N) is 1. The molecule has 4 N–H and O–H groups in total. The number of allylic oxidation sites excluding steroid dienone is 2. The highest BCUT2D eigenvalue weighted by Gasteiger charge is 2.42. The molecule has 0 saturated heterocycles. The smallest absolute Gasteiger partial charge is 0.182 e. The minimum Gasteiger partial charge on any atom is -0.375 e. The molecule has 5 nitrogen and oxygen atoms in total. The Morgan fingerprint density at radius 3 is 2.85 bits per heavy atom. The van der Waals surface area contributed by atoms with Crippen LogP contribution in [0.3, 0.4) is 0 Å². The minimum atomic E-state index is -0.0313. The number of benzene rings is 1. The molecule has 136 valence electrons. The zero-order valence-corrected chi connectivity index (χ0v) is 16.0. The fraction of sp³-hybridized carbons (Fsp3) is 0.400. The van der Waals surface area contributed by atoms with Gasteiger partial charge < -0.3 is 10.6 Å². The molecule has 0 fully saturated rings. The quantitative estimate of drug-likeness (QED) is 0.550. The van der Waals surface area contributed by atoms with Gasteiger partial charge in [0, 0.05) is 18.7 Å². The molecule has 1 aromatic rings. The molecule has 1 aliphatic carbocycles. The van der Waals surface area contributed by atoms with Crippen molar-refractivity contribution in [3.05, 3.63) is 58.4 Å². The first-order chi connectivity index (χ1) is 12.4. The maximum atomic E-state index is 13.0. The molecule has 1 atom stereocenters. The van der Waals surface area contributed by atoms with Gasteiger partial charge in [0.05, 0.1) is 17.3 Å². The summed E-state index contributed by atoms with van der Waals surface area (Å²) in [6, 6.07) is 8.67. The van der Waals surface area contributed by atoms with E-state index in [-0.39, 0.29) is 22.4 Å². The summed E-state index contributed by atoms with van der Waals surface area (Å²) in [5, 5.41) is 0.156. The molecule has 0 spiro atoms. The highest BCUT2D eigenvalue weighted by atomic mass is 32.1. The fourth-order valence-electron chi connectivity index (χ4n) is 4.39. The zero-order chi connectivity index (χ0) is 18.5. The van der Waals surface area contributed by atoms with E-state index in [1.807, 2.05) is 0 Å². The van der Waals surface area contributed by atoms with Gasteiger partial charge in [-0.25, -0.2) is 0 Å². The van der Waals surface area contributed by atoms with Crippen LogP contribution in [0, 0.1) is 5.41 Å². The Labute approximate surface area is 159 Å². The molecule has 0 radical (unpaired) electrons. The van der Waals surface area contributed by atoms with Crippen LogP contribution in [0.5, 0.6) is 0 Å². The van der Waals surface area contributed by atoms with Crippen molar-refractivity contribution >= 4 is 23.1 Å². The minimum absolute atomic E-state index is 0.0313. The van der Waals surface area contributed by atoms with Crippen molar-refractivity contribution in [2.75, 3.05) is 6.54 Å². The van der Waals surface area contributed by atoms with Crippen molar-refractivity contribution < 1.29 is 4.79 Å². The molecule has 0 aromatic heterocycles. The number of carbonyl (C=O) groups is 1. The number of hydrazine groups is 1. The van der Waals surface area contributed by atoms with Crippen LogP contribution in [-0.2, 0) is 11.2 Å². The normalized spacial score (nSPS) is 23.5. The first-order valence-electron chi connectivity index (χ1n) is 9.00. The molecule has 2 aliphatic heterocycles. The van der Waals surface area contributed by atoms with Crippen LogP contribution < -0.4 is 16.6 Å². The first-order valence-corrected chi connectivity index (χ1v) is 9.41. The number of thiocarbonyl (C=S) groups is 1. The van der Waals surface area contributed by atoms with Crippen molar-refractivity contribution in [1.82, 2.24) is 15.8 Å². The van der Waals surface area contributed by atoms with E-state index in [1.54, 1.807) is 0 Å². The topological polar surface area (TPSA) is 70.4 Å². The lowest BCUT2D eigenvalue weighted by Crippen LogP contribution is -2.47. The molecule has 0 unspecified atom stereocenters. The van der Waals surface area contributed by atoms with Crippen LogP contribution in [0.2, 0.25) is 0 Å². The van der Waals surface area contributed by atoms with Gasteiger partial charge in [-0.05, 0) is 47.7 Å². The van der Waals surface area contributed by atoms with Gasteiger partial charge in [-0.2, -0.15) is 0 Å². The van der Waals surface area contributed by atoms with E-state index in [1.165, 1.54) is 11.1 Å². The number of fused-ring (bicyclic) bond motifs is 4. The van der Waals surface area contributed by atoms with Crippen LogP contribution >= 0.6 is 12.2 Å². The zero-order valence-electron chi connectivity index (χ0n) is 15.1. The van der Waals surface area contributed by atoms with Crippen LogP contribution in [0.4, 0.5) is 0 Å². The van der Waals surface area contributed by atoms with E-state index in [0.717, 1.165) is 36.4 Å². The number of hydrogen-bond donors (Lipinski definition) is 3. The lowest BCUT2D eigenvalue weighted by atomic mass is 9.72. The molecule has 1 aromatic carbocycles. The van der Waals surface area contributed by atoms with E-state index < -0.39 is 0 Å². The summed E-state index contributed by atoms with van der Waals surface area (Å²) in [4.78, 5) is 15.4. The van der Waals surface area contributed by atoms with Gasteiger partial charge in [0.25, 0.3) is 0 Å². The number of nitrogens with one attached hydrogen (secondary N) is 2. The Morgan fingerprint density at radius 2 is 2.08 bits per heavy atom. The summed E-state index contributed by atoms with van der Waals surface area (Å²) >= 11 is 4.92. The van der Waals surface area contributed by atoms with Crippen molar-refractivity contribution in [3.8, 4) is 0 Å². The molecule has 6 heteroatoms. The summed E-state index contributed by atoms with van der Waals surface area (Å²) in [6.07, 6.45) is 4.56. The van der Waals surface area contributed by atoms with Gasteiger partial charge in [-0.1, -0.05) is 38.1 Å². The van der Waals surface area contributed by atoms with Crippen molar-refractivity contribution in [3.63, 3.8) is 0 Å². The Hall–Kier alpha value is -2.34. The average Bonchev–Trinajstić information content (AvgIpc) is 2.58. The predicted octanol–water partition coefficient (Wildman–Crippen LogP) is 2.46. The Balaban J connectivity index is 1.82. The van der Waals surface area contributed by atoms with Gasteiger partial charge in [0.15, 0.2) is 10.9 Å². The van der Waals surface area contributed by atoms with Crippen molar-refractivity contribution in [1.29, 1.82) is 0 Å². The second kappa shape index (κ2) is 6.13. The Kier molecular flexibility index (Phi) is 4.03. The second-order valence-corrected chi connectivity index (χ2v) is 8.48. The molecule has 0 amide bonds. The predicted molar refractivity (Wildman–Crippen MR) is 106 cm³/mol. The van der Waals surface area contributed by atoms with E-state index in [0.29, 0.717) is 6.42 Å². The molecule has 0 bridgehead atoms. The lowest BCUT2D eigenvalue weighted by molar-refractivity contribution is -0.118. The number of rotatable bonds is 2. The second-order valence-electron chi connectivity index (χ2n) is 8.04. The van der Waals surface area contributed by atoms with Gasteiger partial charge >= 0.3 is 0 Å². The number of ketones is 1. The molecule has 4 rings (SSSR count). The molecule has 2 heterocycles. The monoisotopic (exact) mass is 368 g/mol. The first kappa shape index (κ1) is 17.1. The maximum absolute atomic E-state index is 13.0. The summed E-state index contributed by atoms with van der Waals surface area (Å²) in [5.41, 5.74) is 16.8. The third-order valence-electron chi connectivity index (χ3n) is 5.45. The van der Waals surface area contributed by atoms with Crippen LogP contribution in [0.25, 0.3) is 0 Å². The fourth-order valence-corrected chi connectivity index (χ4v) is 4.45. The summed E-state index contributed by atoms with van der Waals surface area (Å²) in [6.45, 7) is 5.26. The highest BCUT2D eigenvalue weighted by molar-refractivity contribution is 7.80. The summed E-state index contributed by atoms with van der Waals surface area (Å²) in [5.74, 6) is 0.178. The summed E-state index contributed by atoms with van der Waals surface area (Å²) in [7, 11) is 0. The van der Waals surface area contributed by atoms with Gasteiger partial charge in [0.1, 0.15) is 0 Å². The van der Waals surface area contributed by atoms with Crippen LogP contribution in [0.1, 0.15) is 43.9 Å². The largest absolute Gasteiger partial charge is 0.375 e. The maximum Gasteiger partial charge on any atom is 0.182 e. The number of carbonyl (C=O) groups excluding carboxylic acids is 1. The van der Waals surface area contributed by atoms with E-state index in [9.17, 15) is 4.79 Å². The molecule has 26 heavy (non-hydrogen) atoms. The molecule has 0 saturated carbocycles. The van der Waals surface area contributed by atoms with Crippen LogP contribution in [0.15, 0.2) is 47.3 Å². The lowest BCUT2D eigenvalue weighted by Gasteiger charge is -2.47. The average molecular weight is 369 g/mol. The van der Waals surface area contributed by atoms with Crippen molar-refractivity contribution in [2.45, 2.75) is 39.2 Å². The van der Waals surface area contributed by atoms with Gasteiger partial charge in [-0.3, -0.25) is 15.6 Å². The molecule has 3 aliphatic rings. The molecular weight excluding hydrogens is 344 g/mol. The SMILES string of the molecule is CC1(C)CC(=O)C2=C(C1)N1CCc3ccccc3[C@@H]1C=C2NNC(N)=S. The number of nitrogens with two attached hydrogens (primary N) is 1. The molecular formula is C20H24N4OS. The van der Waals surface area contributed by atoms with Gasteiger partial charge in [-0.15, -0.1) is 0 Å². The van der Waals surface area contributed by atoms with E-state index in [2.05, 4.69) is 59.9 Å². The summed E-state index contributed by atoms with van der Waals surface area (Å²) < 4.78 is 0. The van der Waals surface area contributed by atoms with E-state index in [4.69, 9.17) is 18.0 Å².